The number of hydrogen-bond donors (Lipinski definition) is 3. The molecule has 194 valence electrons. The minimum atomic E-state index is 0.176. The first-order chi connectivity index (χ1) is 18.0. The van der Waals surface area contributed by atoms with Gasteiger partial charge in [0.25, 0.3) is 0 Å². The van der Waals surface area contributed by atoms with E-state index in [2.05, 4.69) is 53.2 Å². The number of nitrogens with zero attached hydrogens (tertiary/aromatic N) is 1. The van der Waals surface area contributed by atoms with Crippen LogP contribution >= 0.6 is 0 Å². The van der Waals surface area contributed by atoms with Gasteiger partial charge < -0.3 is 16.0 Å². The molecule has 0 radical (unpaired) electrons. The van der Waals surface area contributed by atoms with Crippen molar-refractivity contribution in [2.75, 3.05) is 23.7 Å². The molecule has 5 nitrogen and oxygen atoms in total. The number of benzene rings is 2. The number of fused-ring (bicyclic) bond motifs is 1. The molecule has 3 aromatic rings. The van der Waals surface area contributed by atoms with Gasteiger partial charge in [-0.25, -0.2) is 4.98 Å². The summed E-state index contributed by atoms with van der Waals surface area (Å²) in [6.07, 6.45) is 9.73. The number of amides is 1. The Morgan fingerprint density at radius 3 is 2.46 bits per heavy atom. The lowest BCUT2D eigenvalue weighted by Crippen LogP contribution is -2.47. The molecule has 5 heteroatoms. The van der Waals surface area contributed by atoms with E-state index in [1.807, 2.05) is 24.3 Å². The summed E-state index contributed by atoms with van der Waals surface area (Å²) in [4.78, 5) is 18.0. The Hall–Kier alpha value is -2.92. The largest absolute Gasteiger partial charge is 0.370 e. The number of carbonyl (C=O) groups is 1. The van der Waals surface area contributed by atoms with E-state index in [-0.39, 0.29) is 11.3 Å². The van der Waals surface area contributed by atoms with E-state index in [1.165, 1.54) is 49.7 Å². The molecule has 4 bridgehead atoms. The zero-order valence-corrected chi connectivity index (χ0v) is 22.1. The van der Waals surface area contributed by atoms with Gasteiger partial charge in [0.2, 0.25) is 5.91 Å². The van der Waals surface area contributed by atoms with Crippen LogP contribution < -0.4 is 16.0 Å². The van der Waals surface area contributed by atoms with Crippen molar-refractivity contribution in [2.45, 2.75) is 64.8 Å². The Kier molecular flexibility index (Phi) is 6.90. The molecular weight excluding hydrogens is 456 g/mol. The minimum Gasteiger partial charge on any atom is -0.370 e. The number of aromatic nitrogens is 1. The van der Waals surface area contributed by atoms with Gasteiger partial charge in [-0.1, -0.05) is 35.9 Å². The van der Waals surface area contributed by atoms with Gasteiger partial charge in [0.15, 0.2) is 0 Å². The predicted molar refractivity (Wildman–Crippen MR) is 152 cm³/mol. The van der Waals surface area contributed by atoms with Crippen LogP contribution in [-0.4, -0.2) is 24.0 Å². The highest BCUT2D eigenvalue weighted by Crippen LogP contribution is 2.61. The van der Waals surface area contributed by atoms with Crippen LogP contribution in [0.25, 0.3) is 10.9 Å². The molecule has 0 spiro atoms. The highest BCUT2D eigenvalue weighted by Gasteiger charge is 2.51. The molecule has 37 heavy (non-hydrogen) atoms. The number of hydrogen-bond acceptors (Lipinski definition) is 4. The molecule has 7 rings (SSSR count). The predicted octanol–water partition coefficient (Wildman–Crippen LogP) is 6.68. The van der Waals surface area contributed by atoms with E-state index in [0.717, 1.165) is 66.2 Å². The zero-order valence-electron chi connectivity index (χ0n) is 22.1. The Morgan fingerprint density at radius 1 is 0.946 bits per heavy atom. The van der Waals surface area contributed by atoms with Crippen LogP contribution in [0.2, 0.25) is 0 Å². The maximum atomic E-state index is 13.2. The zero-order chi connectivity index (χ0) is 25.2. The van der Waals surface area contributed by atoms with Crippen LogP contribution in [0.4, 0.5) is 11.5 Å². The van der Waals surface area contributed by atoms with Crippen LogP contribution in [0.5, 0.6) is 0 Å². The Bertz CT molecular complexity index is 1230. The molecule has 0 atom stereocenters. The fourth-order valence-electron chi connectivity index (χ4n) is 7.89. The first-order valence-electron chi connectivity index (χ1n) is 14.2. The summed E-state index contributed by atoms with van der Waals surface area (Å²) in [5, 5.41) is 11.2. The van der Waals surface area contributed by atoms with Crippen LogP contribution in [0, 0.1) is 30.1 Å². The van der Waals surface area contributed by atoms with Crippen LogP contribution in [0.3, 0.4) is 0 Å². The van der Waals surface area contributed by atoms with Gasteiger partial charge in [-0.2, -0.15) is 0 Å². The Morgan fingerprint density at radius 2 is 1.70 bits per heavy atom. The van der Waals surface area contributed by atoms with Gasteiger partial charge in [-0.05, 0) is 111 Å². The number of pyridine rings is 1. The summed E-state index contributed by atoms with van der Waals surface area (Å²) >= 11 is 0. The van der Waals surface area contributed by atoms with Crippen LogP contribution in [-0.2, 0) is 11.3 Å². The second kappa shape index (κ2) is 10.4. The third kappa shape index (κ3) is 5.67. The second-order valence-electron chi connectivity index (χ2n) is 12.2. The molecule has 0 unspecified atom stereocenters. The monoisotopic (exact) mass is 496 g/mol. The van der Waals surface area contributed by atoms with Gasteiger partial charge in [0.1, 0.15) is 5.82 Å². The number of carbonyl (C=O) groups excluding carboxylic acids is 1. The van der Waals surface area contributed by atoms with Crippen molar-refractivity contribution in [3.05, 3.63) is 65.7 Å². The van der Waals surface area contributed by atoms with E-state index in [0.29, 0.717) is 6.42 Å². The van der Waals surface area contributed by atoms with Crippen molar-refractivity contribution in [1.82, 2.24) is 10.3 Å². The van der Waals surface area contributed by atoms with Crippen molar-refractivity contribution >= 4 is 28.3 Å². The molecule has 1 amide bonds. The highest BCUT2D eigenvalue weighted by molar-refractivity contribution is 6.01. The third-order valence-electron chi connectivity index (χ3n) is 8.95. The number of rotatable bonds is 10. The first kappa shape index (κ1) is 24.4. The molecule has 0 aliphatic heterocycles. The molecule has 2 aromatic carbocycles. The van der Waals surface area contributed by atoms with Crippen molar-refractivity contribution in [2.24, 2.45) is 23.2 Å². The van der Waals surface area contributed by atoms with Gasteiger partial charge in [0, 0.05) is 24.9 Å². The van der Waals surface area contributed by atoms with E-state index >= 15 is 0 Å². The van der Waals surface area contributed by atoms with Gasteiger partial charge in [-0.3, -0.25) is 4.79 Å². The molecule has 4 aliphatic carbocycles. The van der Waals surface area contributed by atoms with Gasteiger partial charge in [0.05, 0.1) is 11.2 Å². The standard InChI is InChI=1S/C32H40N4O/c1-22-5-2-6-23(13-22)21-33-11-4-12-34-30-10-9-27-28(35-30)7-3-8-29(27)36-31(37)20-32-17-24-14-25(18-32)16-26(15-24)19-32/h2-3,5-10,13,24-26,33H,4,11-12,14-21H2,1H3,(H,34,35)(H,36,37). The number of nitrogens with one attached hydrogen (secondary N) is 3. The van der Waals surface area contributed by atoms with Crippen LogP contribution in [0.15, 0.2) is 54.6 Å². The molecule has 4 saturated carbocycles. The molecule has 0 saturated heterocycles. The van der Waals surface area contributed by atoms with E-state index in [9.17, 15) is 4.79 Å². The summed E-state index contributed by atoms with van der Waals surface area (Å²) in [6.45, 7) is 4.84. The SMILES string of the molecule is Cc1cccc(CNCCCNc2ccc3c(NC(=O)CC45CC6CC(CC(C6)C4)C5)cccc3n2)c1. The third-order valence-corrected chi connectivity index (χ3v) is 8.95. The van der Waals surface area contributed by atoms with Crippen molar-refractivity contribution in [3.8, 4) is 0 Å². The molecular formula is C32H40N4O. The van der Waals surface area contributed by atoms with Crippen molar-refractivity contribution in [3.63, 3.8) is 0 Å². The summed E-state index contributed by atoms with van der Waals surface area (Å²) in [6, 6.07) is 18.8. The Balaban J connectivity index is 1.01. The molecule has 4 fully saturated rings. The highest BCUT2D eigenvalue weighted by atomic mass is 16.1. The minimum absolute atomic E-state index is 0.176. The summed E-state index contributed by atoms with van der Waals surface area (Å²) in [5.74, 6) is 3.67. The van der Waals surface area contributed by atoms with Crippen molar-refractivity contribution < 1.29 is 4.79 Å². The number of anilines is 2. The van der Waals surface area contributed by atoms with Crippen molar-refractivity contribution in [1.29, 1.82) is 0 Å². The van der Waals surface area contributed by atoms with Gasteiger partial charge in [-0.15, -0.1) is 0 Å². The van der Waals surface area contributed by atoms with Crippen LogP contribution in [0.1, 0.15) is 62.5 Å². The topological polar surface area (TPSA) is 66.0 Å². The normalized spacial score (nSPS) is 25.9. The lowest BCUT2D eigenvalue weighted by molar-refractivity contribution is -0.124. The lowest BCUT2D eigenvalue weighted by atomic mass is 9.49. The second-order valence-corrected chi connectivity index (χ2v) is 12.2. The quantitative estimate of drug-likeness (QED) is 0.274. The summed E-state index contributed by atoms with van der Waals surface area (Å²) in [7, 11) is 0. The maximum absolute atomic E-state index is 13.2. The summed E-state index contributed by atoms with van der Waals surface area (Å²) in [5.41, 5.74) is 4.67. The Labute approximate surface area is 220 Å². The smallest absolute Gasteiger partial charge is 0.224 e. The molecule has 3 N–H and O–H groups in total. The summed E-state index contributed by atoms with van der Waals surface area (Å²) < 4.78 is 0. The molecule has 4 aliphatic rings. The average molecular weight is 497 g/mol. The lowest BCUT2D eigenvalue weighted by Gasteiger charge is -2.56. The fraction of sp³-hybridized carbons (Fsp3) is 0.500. The molecule has 1 aromatic heterocycles. The van der Waals surface area contributed by atoms with E-state index in [1.54, 1.807) is 0 Å². The molecule has 1 heterocycles. The average Bonchev–Trinajstić information content (AvgIpc) is 2.85. The maximum Gasteiger partial charge on any atom is 0.224 e. The van der Waals surface area contributed by atoms with Gasteiger partial charge >= 0.3 is 0 Å². The first-order valence-corrected chi connectivity index (χ1v) is 14.2. The number of aryl methyl sites for hydroxylation is 1. The fourth-order valence-corrected chi connectivity index (χ4v) is 7.89. The van der Waals surface area contributed by atoms with E-state index in [4.69, 9.17) is 4.98 Å². The van der Waals surface area contributed by atoms with E-state index < -0.39 is 0 Å².